The highest BCUT2D eigenvalue weighted by Crippen LogP contribution is 2.61. The van der Waals surface area contributed by atoms with E-state index in [1.165, 1.54) is 5.56 Å². The molecule has 0 radical (unpaired) electrons. The molecule has 1 saturated heterocycles. The van der Waals surface area contributed by atoms with Crippen LogP contribution < -0.4 is 11.4 Å². The zero-order chi connectivity index (χ0) is 42.8. The lowest BCUT2D eigenvalue weighted by Crippen LogP contribution is -2.39. The summed E-state index contributed by atoms with van der Waals surface area (Å²) in [6.45, 7) is 9.54. The van der Waals surface area contributed by atoms with Gasteiger partial charge in [-0.15, -0.1) is 0 Å². The zero-order valence-corrected chi connectivity index (χ0v) is 35.1. The Hall–Kier alpha value is -6.81. The number of hydrogen-bond acceptors (Lipinski definition) is 8. The molecule has 1 aliphatic carbocycles. The van der Waals surface area contributed by atoms with E-state index in [-0.39, 0.29) is 35.8 Å². The van der Waals surface area contributed by atoms with Crippen molar-refractivity contribution in [3.05, 3.63) is 140 Å². The van der Waals surface area contributed by atoms with E-state index in [2.05, 4.69) is 51.9 Å². The fourth-order valence-electron chi connectivity index (χ4n) is 10.4. The number of nitrogens with zero attached hydrogens (tertiary/aromatic N) is 9. The highest BCUT2D eigenvalue weighted by atomic mass is 19.1. The molecule has 2 fully saturated rings. The molecule has 2 unspecified atom stereocenters. The van der Waals surface area contributed by atoms with Gasteiger partial charge in [0.1, 0.15) is 22.9 Å². The number of rotatable bonds is 7. The van der Waals surface area contributed by atoms with Crippen molar-refractivity contribution in [1.82, 2.24) is 48.3 Å². The molecule has 316 valence electrons. The molecule has 0 bridgehead atoms. The first-order valence-corrected chi connectivity index (χ1v) is 21.1. The van der Waals surface area contributed by atoms with Gasteiger partial charge in [0.25, 0.3) is 5.91 Å². The van der Waals surface area contributed by atoms with Crippen LogP contribution in [0, 0.1) is 31.5 Å². The first kappa shape index (κ1) is 38.1. The summed E-state index contributed by atoms with van der Waals surface area (Å²) in [4.78, 5) is 47.0. The molecule has 8 aromatic rings. The quantitative estimate of drug-likeness (QED) is 0.199. The normalized spacial score (nSPS) is 20.4. The molecule has 1 amide bonds. The van der Waals surface area contributed by atoms with Crippen LogP contribution in [0.2, 0.25) is 0 Å². The Morgan fingerprint density at radius 2 is 1.65 bits per heavy atom. The highest BCUT2D eigenvalue weighted by molar-refractivity contribution is 5.99. The number of amides is 1. The van der Waals surface area contributed by atoms with Gasteiger partial charge in [-0.05, 0) is 110 Å². The van der Waals surface area contributed by atoms with Crippen molar-refractivity contribution in [3.8, 4) is 17.2 Å². The van der Waals surface area contributed by atoms with Crippen LogP contribution in [0.4, 0.5) is 4.39 Å². The zero-order valence-electron chi connectivity index (χ0n) is 35.1. The Kier molecular flexibility index (Phi) is 8.52. The van der Waals surface area contributed by atoms with Crippen molar-refractivity contribution in [3.63, 3.8) is 0 Å². The molecule has 15 nitrogen and oxygen atoms in total. The number of imidazole rings is 1. The number of nitrogens with one attached hydrogen (secondary N) is 1. The molecule has 3 aliphatic rings. The maximum atomic E-state index is 15.4. The third-order valence-electron chi connectivity index (χ3n) is 13.9. The number of ether oxygens (including phenoxy) is 1. The highest BCUT2D eigenvalue weighted by Gasteiger charge is 2.66. The monoisotopic (exact) mass is 836 g/mol. The second-order valence-electron chi connectivity index (χ2n) is 17.3. The van der Waals surface area contributed by atoms with Gasteiger partial charge in [0.05, 0.1) is 35.3 Å². The summed E-state index contributed by atoms with van der Waals surface area (Å²) in [6, 6.07) is 17.6. The maximum Gasteiger partial charge on any atom is 0.438 e. The van der Waals surface area contributed by atoms with Crippen molar-refractivity contribution in [2.45, 2.75) is 65.0 Å². The second kappa shape index (κ2) is 13.9. The van der Waals surface area contributed by atoms with Crippen molar-refractivity contribution in [2.24, 2.45) is 18.9 Å². The fraction of sp³-hybridized carbons (Fsp3) is 0.348. The van der Waals surface area contributed by atoms with Gasteiger partial charge < -0.3 is 14.2 Å². The first-order valence-electron chi connectivity index (χ1n) is 21.1. The van der Waals surface area contributed by atoms with Gasteiger partial charge in [-0.25, -0.2) is 18.7 Å². The van der Waals surface area contributed by atoms with Crippen molar-refractivity contribution in [1.29, 1.82) is 0 Å². The molecule has 11 rings (SSSR count). The first-order chi connectivity index (χ1) is 29.9. The molecule has 1 N–H and O–H groups in total. The lowest BCUT2D eigenvalue weighted by Gasteiger charge is -2.29. The minimum atomic E-state index is -0.844. The van der Waals surface area contributed by atoms with Crippen molar-refractivity contribution >= 4 is 27.7 Å². The fourth-order valence-corrected chi connectivity index (χ4v) is 10.4. The molecule has 7 heterocycles. The number of carbonyl (C=O) groups excluding carboxylic acids is 1. The van der Waals surface area contributed by atoms with Gasteiger partial charge in [0.2, 0.25) is 0 Å². The molecule has 5 aromatic heterocycles. The number of aromatic amines is 1. The summed E-state index contributed by atoms with van der Waals surface area (Å²) >= 11 is 0. The van der Waals surface area contributed by atoms with E-state index in [1.807, 2.05) is 31.3 Å². The lowest BCUT2D eigenvalue weighted by atomic mass is 9.91. The lowest BCUT2D eigenvalue weighted by molar-refractivity contribution is 0.0720. The van der Waals surface area contributed by atoms with Crippen LogP contribution in [0.5, 0.6) is 0 Å². The molecule has 1 saturated carbocycles. The Morgan fingerprint density at radius 1 is 0.903 bits per heavy atom. The minimum absolute atomic E-state index is 0.00997. The largest absolute Gasteiger partial charge is 0.438 e. The SMILES string of the molecule is Cc1cc(-n2nc3c(c2-n2ccn(-c4ccc5c(cnn5C)c4)c2=O)CN(C(=O)c2cc4cc(C5CCOCC5)ccc4n2C2(c4noc(=O)[nH]4)C(C)C2C)CC3)cc(C)c1F. The molecule has 0 spiro atoms. The van der Waals surface area contributed by atoms with Gasteiger partial charge in [-0.2, -0.15) is 10.2 Å². The van der Waals surface area contributed by atoms with Crippen LogP contribution in [0.1, 0.15) is 76.9 Å². The van der Waals surface area contributed by atoms with Crippen molar-refractivity contribution < 1.29 is 18.4 Å². The number of hydrogen-bond donors (Lipinski definition) is 1. The Bertz CT molecular complexity index is 3210. The summed E-state index contributed by atoms with van der Waals surface area (Å²) in [7, 11) is 1.87. The van der Waals surface area contributed by atoms with Crippen LogP contribution in [0.3, 0.4) is 0 Å². The topological polar surface area (TPSA) is 156 Å². The van der Waals surface area contributed by atoms with Gasteiger partial charge in [0, 0.05) is 67.5 Å². The summed E-state index contributed by atoms with van der Waals surface area (Å²) in [5, 5.41) is 15.5. The molecular weight excluding hydrogens is 792 g/mol. The Balaban J connectivity index is 1.05. The standard InChI is InChI=1S/C46H45FN10O5/c1-25-18-34(19-26(2)40(25)47)57-41(55-15-14-54(45(55)60)33-7-9-37-32(21-33)23-48-52(37)5)35-24-53(13-10-36(35)50-57)42(58)39-22-31-20-30(29-11-16-61-17-12-29)6-8-38(31)56(39)46(27(3)28(46)4)43-49-44(59)62-51-43/h6-9,14-15,18-23,27-29H,10-13,16-17,24H2,1-5H3,(H,49,51,59). The van der Waals surface area contributed by atoms with E-state index in [0.29, 0.717) is 77.5 Å². The predicted molar refractivity (Wildman–Crippen MR) is 228 cm³/mol. The van der Waals surface area contributed by atoms with Crippen LogP contribution in [0.15, 0.2) is 87.3 Å². The van der Waals surface area contributed by atoms with E-state index < -0.39 is 11.3 Å². The van der Waals surface area contributed by atoms with E-state index in [4.69, 9.17) is 14.4 Å². The number of fused-ring (bicyclic) bond motifs is 3. The average molecular weight is 837 g/mol. The Labute approximate surface area is 353 Å². The number of carbonyl (C=O) groups is 1. The molecule has 2 atom stereocenters. The van der Waals surface area contributed by atoms with Crippen LogP contribution in [-0.2, 0) is 30.3 Å². The van der Waals surface area contributed by atoms with E-state index in [1.54, 1.807) is 68.0 Å². The van der Waals surface area contributed by atoms with Crippen LogP contribution in [0.25, 0.3) is 39.0 Å². The number of halogens is 1. The van der Waals surface area contributed by atoms with Gasteiger partial charge in [0.15, 0.2) is 5.82 Å². The predicted octanol–water partition coefficient (Wildman–Crippen LogP) is 6.21. The molecule has 3 aromatic carbocycles. The molecule has 62 heavy (non-hydrogen) atoms. The number of benzene rings is 3. The smallest absolute Gasteiger partial charge is 0.381 e. The van der Waals surface area contributed by atoms with E-state index in [9.17, 15) is 9.59 Å². The summed E-state index contributed by atoms with van der Waals surface area (Å²) in [6.07, 6.45) is 7.45. The van der Waals surface area contributed by atoms with Crippen LogP contribution in [-0.4, -0.2) is 74.0 Å². The van der Waals surface area contributed by atoms with E-state index in [0.717, 1.165) is 40.3 Å². The Morgan fingerprint density at radius 3 is 2.37 bits per heavy atom. The minimum Gasteiger partial charge on any atom is -0.381 e. The third kappa shape index (κ3) is 5.58. The van der Waals surface area contributed by atoms with Crippen LogP contribution >= 0.6 is 0 Å². The number of aromatic nitrogens is 9. The molecule has 16 heteroatoms. The molecular formula is C46H45FN10O5. The number of aryl methyl sites for hydroxylation is 3. The van der Waals surface area contributed by atoms with Gasteiger partial charge >= 0.3 is 11.4 Å². The van der Waals surface area contributed by atoms with Crippen molar-refractivity contribution in [2.75, 3.05) is 19.8 Å². The summed E-state index contributed by atoms with van der Waals surface area (Å²) < 4.78 is 34.5. The van der Waals surface area contributed by atoms with Gasteiger partial charge in [-0.1, -0.05) is 25.1 Å². The summed E-state index contributed by atoms with van der Waals surface area (Å²) in [5.74, 6) is 0.0407. The maximum absolute atomic E-state index is 15.4. The average Bonchev–Trinajstić information content (AvgIpc) is 3.99. The summed E-state index contributed by atoms with van der Waals surface area (Å²) in [5.41, 5.74) is 5.87. The second-order valence-corrected chi connectivity index (χ2v) is 17.3. The van der Waals surface area contributed by atoms with E-state index >= 15 is 9.18 Å². The van der Waals surface area contributed by atoms with Gasteiger partial charge in [-0.3, -0.25) is 28.1 Å². The number of H-pyrrole nitrogens is 1. The third-order valence-corrected chi connectivity index (χ3v) is 13.9. The molecule has 2 aliphatic heterocycles.